The SMILES string of the molecule is CN(C(=O)O)c1cc(-c2cc(N)ccc2Oc2ccc(F)cc2F)cn(C)c1=O. The van der Waals surface area contributed by atoms with Gasteiger partial charge in [-0.2, -0.15) is 0 Å². The largest absolute Gasteiger partial charge is 0.465 e. The van der Waals surface area contributed by atoms with Crippen LogP contribution in [-0.4, -0.2) is 22.8 Å². The molecule has 7 nitrogen and oxygen atoms in total. The number of amides is 1. The van der Waals surface area contributed by atoms with E-state index in [1.807, 2.05) is 0 Å². The van der Waals surface area contributed by atoms with Crippen molar-refractivity contribution in [3.63, 3.8) is 0 Å². The molecule has 9 heteroatoms. The topological polar surface area (TPSA) is 97.8 Å². The maximum absolute atomic E-state index is 14.0. The normalized spacial score (nSPS) is 10.6. The lowest BCUT2D eigenvalue weighted by atomic mass is 10.0. The molecule has 3 aromatic rings. The summed E-state index contributed by atoms with van der Waals surface area (Å²) in [7, 11) is 2.71. The average Bonchev–Trinajstić information content (AvgIpc) is 2.66. The first kappa shape index (κ1) is 19.9. The van der Waals surface area contributed by atoms with Gasteiger partial charge in [-0.15, -0.1) is 0 Å². The molecule has 0 atom stereocenters. The molecule has 1 heterocycles. The molecule has 29 heavy (non-hydrogen) atoms. The molecule has 0 fully saturated rings. The number of halogens is 2. The minimum atomic E-state index is -1.31. The zero-order valence-corrected chi connectivity index (χ0v) is 15.5. The minimum Gasteiger partial charge on any atom is -0.465 e. The number of rotatable bonds is 4. The second-order valence-electron chi connectivity index (χ2n) is 6.30. The van der Waals surface area contributed by atoms with E-state index in [-0.39, 0.29) is 17.2 Å². The Morgan fingerprint density at radius 1 is 1.14 bits per heavy atom. The summed E-state index contributed by atoms with van der Waals surface area (Å²) in [6.45, 7) is 0. The number of pyridine rings is 1. The van der Waals surface area contributed by atoms with Crippen LogP contribution >= 0.6 is 0 Å². The van der Waals surface area contributed by atoms with Gasteiger partial charge < -0.3 is 20.1 Å². The predicted molar refractivity (Wildman–Crippen MR) is 104 cm³/mol. The number of nitrogen functional groups attached to an aromatic ring is 1. The third-order valence-electron chi connectivity index (χ3n) is 4.24. The molecule has 0 aliphatic heterocycles. The van der Waals surface area contributed by atoms with E-state index in [0.717, 1.165) is 17.0 Å². The summed E-state index contributed by atoms with van der Waals surface area (Å²) in [5, 5.41) is 9.22. The highest BCUT2D eigenvalue weighted by Gasteiger charge is 2.18. The smallest absolute Gasteiger partial charge is 0.411 e. The van der Waals surface area contributed by atoms with Gasteiger partial charge in [0.15, 0.2) is 11.6 Å². The zero-order chi connectivity index (χ0) is 21.3. The second-order valence-corrected chi connectivity index (χ2v) is 6.30. The van der Waals surface area contributed by atoms with Crippen LogP contribution in [0.1, 0.15) is 0 Å². The molecule has 0 saturated heterocycles. The standard InChI is InChI=1S/C20H17F2N3O4/c1-24-10-11(7-16(19(24)26)25(2)20(27)28)14-9-13(23)4-6-17(14)29-18-5-3-12(21)8-15(18)22/h3-10H,23H2,1-2H3,(H,27,28). The highest BCUT2D eigenvalue weighted by Crippen LogP contribution is 2.36. The van der Waals surface area contributed by atoms with Gasteiger partial charge in [-0.25, -0.2) is 13.6 Å². The van der Waals surface area contributed by atoms with Gasteiger partial charge >= 0.3 is 6.09 Å². The highest BCUT2D eigenvalue weighted by molar-refractivity contribution is 5.87. The van der Waals surface area contributed by atoms with E-state index in [4.69, 9.17) is 10.5 Å². The van der Waals surface area contributed by atoms with Crippen molar-refractivity contribution in [3.8, 4) is 22.6 Å². The van der Waals surface area contributed by atoms with E-state index in [1.165, 1.54) is 43.1 Å². The molecule has 0 aliphatic rings. The zero-order valence-electron chi connectivity index (χ0n) is 15.5. The molecule has 3 rings (SSSR count). The summed E-state index contributed by atoms with van der Waals surface area (Å²) in [6.07, 6.45) is 0.168. The molecule has 0 unspecified atom stereocenters. The van der Waals surface area contributed by atoms with Crippen LogP contribution in [0.4, 0.5) is 25.0 Å². The van der Waals surface area contributed by atoms with Gasteiger partial charge in [-0.1, -0.05) is 0 Å². The summed E-state index contributed by atoms with van der Waals surface area (Å²) in [6, 6.07) is 8.85. The van der Waals surface area contributed by atoms with Gasteiger partial charge in [0, 0.05) is 43.2 Å². The third-order valence-corrected chi connectivity index (χ3v) is 4.24. The average molecular weight is 401 g/mol. The fourth-order valence-electron chi connectivity index (χ4n) is 2.72. The van der Waals surface area contributed by atoms with Crippen molar-refractivity contribution in [2.75, 3.05) is 17.7 Å². The number of ether oxygens (including phenoxy) is 1. The van der Waals surface area contributed by atoms with Crippen molar-refractivity contribution < 1.29 is 23.4 Å². The number of hydrogen-bond acceptors (Lipinski definition) is 4. The van der Waals surface area contributed by atoms with E-state index in [0.29, 0.717) is 22.9 Å². The fourth-order valence-corrected chi connectivity index (χ4v) is 2.72. The molecule has 0 radical (unpaired) electrons. The van der Waals surface area contributed by atoms with Crippen molar-refractivity contribution >= 4 is 17.5 Å². The van der Waals surface area contributed by atoms with Gasteiger partial charge in [0.25, 0.3) is 5.56 Å². The number of nitrogens with zero attached hydrogens (tertiary/aromatic N) is 2. The summed E-state index contributed by atoms with van der Waals surface area (Å²) in [4.78, 5) is 24.4. The monoisotopic (exact) mass is 401 g/mol. The Kier molecular flexibility index (Phi) is 5.22. The Balaban J connectivity index is 2.15. The predicted octanol–water partition coefficient (Wildman–Crippen LogP) is 3.82. The van der Waals surface area contributed by atoms with E-state index in [9.17, 15) is 23.5 Å². The first-order valence-corrected chi connectivity index (χ1v) is 8.37. The molecule has 0 bridgehead atoms. The van der Waals surface area contributed by atoms with E-state index in [2.05, 4.69) is 0 Å². The van der Waals surface area contributed by atoms with Crippen molar-refractivity contribution in [1.82, 2.24) is 4.57 Å². The first-order valence-electron chi connectivity index (χ1n) is 8.37. The van der Waals surface area contributed by atoms with Crippen molar-refractivity contribution in [2.24, 2.45) is 7.05 Å². The van der Waals surface area contributed by atoms with Gasteiger partial charge in [0.05, 0.1) is 0 Å². The Morgan fingerprint density at radius 3 is 2.48 bits per heavy atom. The molecule has 1 aromatic heterocycles. The Labute approximate surface area is 164 Å². The van der Waals surface area contributed by atoms with Gasteiger partial charge in [0.1, 0.15) is 17.3 Å². The maximum atomic E-state index is 14.0. The highest BCUT2D eigenvalue weighted by atomic mass is 19.1. The fraction of sp³-hybridized carbons (Fsp3) is 0.100. The molecule has 0 aliphatic carbocycles. The third kappa shape index (κ3) is 4.03. The molecule has 150 valence electrons. The van der Waals surface area contributed by atoms with E-state index >= 15 is 0 Å². The van der Waals surface area contributed by atoms with E-state index < -0.39 is 23.3 Å². The molecule has 0 saturated carbocycles. The van der Waals surface area contributed by atoms with E-state index in [1.54, 1.807) is 6.07 Å². The van der Waals surface area contributed by atoms with Crippen LogP contribution in [0, 0.1) is 11.6 Å². The van der Waals surface area contributed by atoms with Crippen LogP contribution in [0.15, 0.2) is 53.5 Å². The van der Waals surface area contributed by atoms with Crippen LogP contribution in [-0.2, 0) is 7.05 Å². The summed E-state index contributed by atoms with van der Waals surface area (Å²) in [5.41, 5.74) is 6.45. The number of carbonyl (C=O) groups is 1. The number of hydrogen-bond donors (Lipinski definition) is 2. The number of carboxylic acid groups (broad SMARTS) is 1. The molecular formula is C20H17F2N3O4. The molecule has 0 spiro atoms. The van der Waals surface area contributed by atoms with Gasteiger partial charge in [-0.3, -0.25) is 9.69 Å². The molecule has 1 amide bonds. The van der Waals surface area contributed by atoms with Crippen molar-refractivity contribution in [3.05, 3.63) is 70.6 Å². The van der Waals surface area contributed by atoms with Crippen molar-refractivity contribution in [2.45, 2.75) is 0 Å². The lowest BCUT2D eigenvalue weighted by molar-refractivity contribution is 0.203. The summed E-state index contributed by atoms with van der Waals surface area (Å²) >= 11 is 0. The molecule has 3 N–H and O–H groups in total. The number of benzene rings is 2. The lowest BCUT2D eigenvalue weighted by Crippen LogP contribution is -2.32. The Bertz CT molecular complexity index is 1160. The van der Waals surface area contributed by atoms with Crippen LogP contribution < -0.4 is 20.9 Å². The molecular weight excluding hydrogens is 384 g/mol. The summed E-state index contributed by atoms with van der Waals surface area (Å²) in [5.74, 6) is -1.65. The molecule has 2 aromatic carbocycles. The Hall–Kier alpha value is -3.88. The lowest BCUT2D eigenvalue weighted by Gasteiger charge is -2.17. The first-order chi connectivity index (χ1) is 13.7. The number of nitrogens with two attached hydrogens (primary N) is 1. The van der Waals surface area contributed by atoms with Crippen molar-refractivity contribution in [1.29, 1.82) is 0 Å². The quantitative estimate of drug-likeness (QED) is 0.648. The maximum Gasteiger partial charge on any atom is 0.411 e. The van der Waals surface area contributed by atoms with Gasteiger partial charge in [-0.05, 0) is 36.4 Å². The van der Waals surface area contributed by atoms with Crippen LogP contribution in [0.3, 0.4) is 0 Å². The number of aromatic nitrogens is 1. The number of anilines is 2. The Morgan fingerprint density at radius 2 is 1.83 bits per heavy atom. The number of aryl methyl sites for hydroxylation is 1. The van der Waals surface area contributed by atoms with Crippen LogP contribution in [0.5, 0.6) is 11.5 Å². The van der Waals surface area contributed by atoms with Gasteiger partial charge in [0.2, 0.25) is 0 Å². The van der Waals surface area contributed by atoms with Crippen LogP contribution in [0.25, 0.3) is 11.1 Å². The summed E-state index contributed by atoms with van der Waals surface area (Å²) < 4.78 is 34.0. The second kappa shape index (κ2) is 7.63. The minimum absolute atomic E-state index is 0.0844. The van der Waals surface area contributed by atoms with Crippen LogP contribution in [0.2, 0.25) is 0 Å².